The number of rotatable bonds is 2. The predicted molar refractivity (Wildman–Crippen MR) is 92.8 cm³/mol. The van der Waals surface area contributed by atoms with Crippen LogP contribution in [-0.2, 0) is 0 Å². The van der Waals surface area contributed by atoms with Gasteiger partial charge in [-0.25, -0.2) is 4.98 Å². The predicted octanol–water partition coefficient (Wildman–Crippen LogP) is 5.51. The molecule has 0 unspecified atom stereocenters. The van der Waals surface area contributed by atoms with E-state index in [-0.39, 0.29) is 0 Å². The number of halogens is 1. The van der Waals surface area contributed by atoms with Crippen molar-refractivity contribution in [2.24, 2.45) is 11.8 Å². The lowest BCUT2D eigenvalue weighted by Gasteiger charge is -2.07. The average molecular weight is 353 g/mol. The van der Waals surface area contributed by atoms with Gasteiger partial charge in [-0.3, -0.25) is 0 Å². The van der Waals surface area contributed by atoms with E-state index in [0.29, 0.717) is 5.92 Å². The second kappa shape index (κ2) is 4.69. The third kappa shape index (κ3) is 2.11. The van der Waals surface area contributed by atoms with Gasteiger partial charge in [-0.05, 0) is 60.1 Å². The van der Waals surface area contributed by atoms with Gasteiger partial charge in [-0.2, -0.15) is 0 Å². The average Bonchev–Trinajstić information content (AvgIpc) is 2.96. The highest BCUT2D eigenvalue weighted by Crippen LogP contribution is 2.57. The molecule has 0 amide bonds. The third-order valence-corrected chi connectivity index (χ3v) is 5.83. The molecule has 0 bridgehead atoms. The van der Waals surface area contributed by atoms with Crippen molar-refractivity contribution in [3.63, 3.8) is 0 Å². The van der Waals surface area contributed by atoms with Crippen molar-refractivity contribution in [3.05, 3.63) is 52.9 Å². The Kier molecular flexibility index (Phi) is 2.75. The quantitative estimate of drug-likeness (QED) is 0.647. The summed E-state index contributed by atoms with van der Waals surface area (Å²) in [7, 11) is 0. The maximum absolute atomic E-state index is 4.66. The van der Waals surface area contributed by atoms with Crippen molar-refractivity contribution in [1.82, 2.24) is 9.97 Å². The zero-order chi connectivity index (χ0) is 14.7. The van der Waals surface area contributed by atoms with E-state index in [4.69, 9.17) is 0 Å². The van der Waals surface area contributed by atoms with Crippen LogP contribution in [-0.4, -0.2) is 9.97 Å². The molecule has 1 heterocycles. The molecule has 110 valence electrons. The highest BCUT2D eigenvalue weighted by Gasteiger charge is 2.46. The van der Waals surface area contributed by atoms with Gasteiger partial charge < -0.3 is 4.98 Å². The Hall–Kier alpha value is -1.61. The summed E-state index contributed by atoms with van der Waals surface area (Å²) in [5.74, 6) is 3.85. The number of imidazole rings is 1. The molecular formula is C19H17BrN2. The van der Waals surface area contributed by atoms with Gasteiger partial charge in [0.2, 0.25) is 0 Å². The highest BCUT2D eigenvalue weighted by molar-refractivity contribution is 9.10. The Balaban J connectivity index is 1.49. The van der Waals surface area contributed by atoms with Crippen LogP contribution in [0.5, 0.6) is 0 Å². The molecule has 2 aliphatic rings. The van der Waals surface area contributed by atoms with Crippen LogP contribution in [0.2, 0.25) is 0 Å². The molecule has 22 heavy (non-hydrogen) atoms. The standard InChI is InChI=1S/C19H17BrN2/c20-17-4-3-11-5-13(2-1-12(11)9-17)18-10-21-19(22-18)16-7-14-6-15(14)8-16/h1-5,9-10,14-16H,6-8H2,(H,21,22)/t14-,15+,16-. The lowest BCUT2D eigenvalue weighted by Crippen LogP contribution is -1.98. The lowest BCUT2D eigenvalue weighted by molar-refractivity contribution is 0.596. The molecule has 0 saturated heterocycles. The van der Waals surface area contributed by atoms with Gasteiger partial charge in [-0.15, -0.1) is 0 Å². The Bertz CT molecular complexity index is 857. The number of aromatic nitrogens is 2. The summed E-state index contributed by atoms with van der Waals surface area (Å²) in [5, 5.41) is 2.52. The van der Waals surface area contributed by atoms with Gasteiger partial charge in [-0.1, -0.05) is 34.1 Å². The van der Waals surface area contributed by atoms with Crippen LogP contribution in [0.25, 0.3) is 22.0 Å². The van der Waals surface area contributed by atoms with E-state index in [1.165, 1.54) is 41.4 Å². The van der Waals surface area contributed by atoms with Gasteiger partial charge in [0.1, 0.15) is 5.82 Å². The van der Waals surface area contributed by atoms with Crippen LogP contribution < -0.4 is 0 Å². The molecule has 1 aromatic heterocycles. The molecule has 2 nitrogen and oxygen atoms in total. The summed E-state index contributed by atoms with van der Waals surface area (Å²) in [6, 6.07) is 13.0. The summed E-state index contributed by atoms with van der Waals surface area (Å²) in [4.78, 5) is 8.23. The molecule has 0 radical (unpaired) electrons. The number of nitrogens with zero attached hydrogens (tertiary/aromatic N) is 1. The minimum Gasteiger partial charge on any atom is -0.342 e. The van der Waals surface area contributed by atoms with Crippen LogP contribution in [0.15, 0.2) is 47.1 Å². The Morgan fingerprint density at radius 2 is 1.73 bits per heavy atom. The number of benzene rings is 2. The summed E-state index contributed by atoms with van der Waals surface area (Å²) in [6.45, 7) is 0. The molecule has 3 atom stereocenters. The lowest BCUT2D eigenvalue weighted by atomic mass is 10.0. The van der Waals surface area contributed by atoms with Crippen LogP contribution in [0.1, 0.15) is 31.0 Å². The Morgan fingerprint density at radius 1 is 0.955 bits per heavy atom. The fraction of sp³-hybridized carbons (Fsp3) is 0.316. The van der Waals surface area contributed by atoms with Crippen molar-refractivity contribution < 1.29 is 0 Å². The van der Waals surface area contributed by atoms with Crippen molar-refractivity contribution in [1.29, 1.82) is 0 Å². The van der Waals surface area contributed by atoms with Crippen molar-refractivity contribution in [2.45, 2.75) is 25.2 Å². The van der Waals surface area contributed by atoms with E-state index >= 15 is 0 Å². The summed E-state index contributed by atoms with van der Waals surface area (Å²) in [5.41, 5.74) is 2.36. The van der Waals surface area contributed by atoms with Crippen LogP contribution in [0.3, 0.4) is 0 Å². The van der Waals surface area contributed by atoms with Gasteiger partial charge >= 0.3 is 0 Å². The first kappa shape index (κ1) is 12.9. The molecule has 1 N–H and O–H groups in total. The normalized spacial score (nSPS) is 26.3. The molecule has 2 saturated carbocycles. The molecule has 2 fully saturated rings. The number of hydrogen-bond acceptors (Lipinski definition) is 1. The fourth-order valence-electron chi connectivity index (χ4n) is 4.01. The van der Waals surface area contributed by atoms with Gasteiger partial charge in [0.15, 0.2) is 0 Å². The second-order valence-corrected chi connectivity index (χ2v) is 7.73. The molecule has 0 aliphatic heterocycles. The monoisotopic (exact) mass is 352 g/mol. The van der Waals surface area contributed by atoms with Crippen LogP contribution in [0.4, 0.5) is 0 Å². The third-order valence-electron chi connectivity index (χ3n) is 5.34. The topological polar surface area (TPSA) is 28.7 Å². The van der Waals surface area contributed by atoms with Crippen molar-refractivity contribution in [2.75, 3.05) is 0 Å². The Labute approximate surface area is 138 Å². The number of fused-ring (bicyclic) bond motifs is 2. The summed E-state index contributed by atoms with van der Waals surface area (Å²) in [6.07, 6.45) is 6.14. The number of nitrogens with one attached hydrogen (secondary N) is 1. The molecule has 2 aliphatic carbocycles. The molecule has 3 heteroatoms. The maximum atomic E-state index is 4.66. The SMILES string of the molecule is Brc1ccc2cc(-c3cnc([C@H]4C[C@@H]5C[C@@H]5C4)[nH]3)ccc2c1. The van der Waals surface area contributed by atoms with Crippen molar-refractivity contribution >= 4 is 26.7 Å². The number of hydrogen-bond donors (Lipinski definition) is 1. The minimum absolute atomic E-state index is 0.661. The first-order valence-electron chi connectivity index (χ1n) is 8.01. The Morgan fingerprint density at radius 3 is 2.59 bits per heavy atom. The number of aromatic amines is 1. The smallest absolute Gasteiger partial charge is 0.109 e. The van der Waals surface area contributed by atoms with E-state index in [9.17, 15) is 0 Å². The number of H-pyrrole nitrogens is 1. The second-order valence-electron chi connectivity index (χ2n) is 6.81. The van der Waals surface area contributed by atoms with Crippen molar-refractivity contribution in [3.8, 4) is 11.3 Å². The zero-order valence-electron chi connectivity index (χ0n) is 12.2. The first-order valence-corrected chi connectivity index (χ1v) is 8.80. The molecule has 2 aromatic carbocycles. The molecular weight excluding hydrogens is 336 g/mol. The summed E-state index contributed by atoms with van der Waals surface area (Å²) < 4.78 is 1.12. The van der Waals surface area contributed by atoms with Crippen LogP contribution >= 0.6 is 15.9 Å². The largest absolute Gasteiger partial charge is 0.342 e. The highest BCUT2D eigenvalue weighted by atomic mass is 79.9. The summed E-state index contributed by atoms with van der Waals surface area (Å²) >= 11 is 3.53. The molecule has 3 aromatic rings. The van der Waals surface area contributed by atoms with E-state index in [0.717, 1.165) is 22.0 Å². The molecule has 5 rings (SSSR count). The fourth-order valence-corrected chi connectivity index (χ4v) is 4.39. The van der Waals surface area contributed by atoms with E-state index < -0.39 is 0 Å². The van der Waals surface area contributed by atoms with Crippen LogP contribution in [0, 0.1) is 11.8 Å². The van der Waals surface area contributed by atoms with E-state index in [1.54, 1.807) is 0 Å². The minimum atomic E-state index is 0.661. The zero-order valence-corrected chi connectivity index (χ0v) is 13.8. The van der Waals surface area contributed by atoms with Gasteiger partial charge in [0, 0.05) is 16.0 Å². The maximum Gasteiger partial charge on any atom is 0.109 e. The molecule has 0 spiro atoms. The van der Waals surface area contributed by atoms with Gasteiger partial charge in [0.25, 0.3) is 0 Å². The van der Waals surface area contributed by atoms with E-state index in [2.05, 4.69) is 62.3 Å². The van der Waals surface area contributed by atoms with E-state index in [1.807, 2.05) is 6.20 Å². The first-order chi connectivity index (χ1) is 10.8. The van der Waals surface area contributed by atoms with Gasteiger partial charge in [0.05, 0.1) is 11.9 Å².